The Balaban J connectivity index is 1.34. The van der Waals surface area contributed by atoms with E-state index in [1.165, 1.54) is 69.8 Å². The maximum Gasteiger partial charge on any atom is 0.126 e. The molecule has 26 heavy (non-hydrogen) atoms. The molecular weight excluding hydrogens is 319 g/mol. The van der Waals surface area contributed by atoms with Crippen molar-refractivity contribution in [1.29, 1.82) is 0 Å². The van der Waals surface area contributed by atoms with Crippen LogP contribution < -0.4 is 0 Å². The third-order valence-electron chi connectivity index (χ3n) is 8.14. The van der Waals surface area contributed by atoms with Crippen molar-refractivity contribution in [3.8, 4) is 0 Å². The van der Waals surface area contributed by atoms with Gasteiger partial charge in [-0.2, -0.15) is 0 Å². The van der Waals surface area contributed by atoms with Gasteiger partial charge in [0, 0.05) is 0 Å². The average molecular weight is 355 g/mol. The van der Waals surface area contributed by atoms with Crippen LogP contribution in [0.25, 0.3) is 0 Å². The predicted octanol–water partition coefficient (Wildman–Crippen LogP) is 7.43. The third kappa shape index (κ3) is 3.78. The van der Waals surface area contributed by atoms with Crippen molar-refractivity contribution in [2.75, 3.05) is 0 Å². The summed E-state index contributed by atoms with van der Waals surface area (Å²) in [4.78, 5) is 0. The van der Waals surface area contributed by atoms with Crippen LogP contribution in [0.15, 0.2) is 30.9 Å². The van der Waals surface area contributed by atoms with E-state index in [1.54, 1.807) is 0 Å². The number of aryl methyl sites for hydroxylation is 1. The second-order valence-electron chi connectivity index (χ2n) is 9.52. The minimum Gasteiger partial charge on any atom is -0.207 e. The van der Waals surface area contributed by atoms with Crippen LogP contribution >= 0.6 is 0 Å². The Bertz CT molecular complexity index is 625. The summed E-state index contributed by atoms with van der Waals surface area (Å²) >= 11 is 0. The largest absolute Gasteiger partial charge is 0.207 e. The first kappa shape index (κ1) is 18.3. The van der Waals surface area contributed by atoms with Gasteiger partial charge in [-0.05, 0) is 124 Å². The van der Waals surface area contributed by atoms with Gasteiger partial charge in [-0.3, -0.25) is 0 Å². The Kier molecular flexibility index (Phi) is 5.53. The van der Waals surface area contributed by atoms with E-state index in [4.69, 9.17) is 0 Å². The summed E-state index contributed by atoms with van der Waals surface area (Å²) < 4.78 is 14.0. The molecule has 142 valence electrons. The molecule has 1 aromatic carbocycles. The molecule has 0 aliphatic heterocycles. The summed E-state index contributed by atoms with van der Waals surface area (Å²) in [6.07, 6.45) is 16.1. The molecule has 4 atom stereocenters. The molecule has 4 unspecified atom stereocenters. The van der Waals surface area contributed by atoms with Crippen molar-refractivity contribution < 1.29 is 4.39 Å². The van der Waals surface area contributed by atoms with Crippen LogP contribution in [0, 0.1) is 42.3 Å². The predicted molar refractivity (Wildman–Crippen MR) is 108 cm³/mol. The highest BCUT2D eigenvalue weighted by Gasteiger charge is 2.38. The van der Waals surface area contributed by atoms with E-state index >= 15 is 0 Å². The van der Waals surface area contributed by atoms with Crippen molar-refractivity contribution in [3.05, 3.63) is 47.8 Å². The average Bonchev–Trinajstić information content (AvgIpc) is 2.69. The molecule has 3 aliphatic carbocycles. The molecule has 0 aromatic heterocycles. The lowest BCUT2D eigenvalue weighted by Crippen LogP contribution is -2.34. The normalized spacial score (nSPS) is 37.8. The lowest BCUT2D eigenvalue weighted by atomic mass is 9.60. The molecule has 0 bridgehead atoms. The highest BCUT2D eigenvalue weighted by Crippen LogP contribution is 2.50. The molecule has 3 fully saturated rings. The van der Waals surface area contributed by atoms with Crippen molar-refractivity contribution in [1.82, 2.24) is 0 Å². The van der Waals surface area contributed by atoms with E-state index in [2.05, 4.69) is 18.7 Å². The molecule has 0 N–H and O–H groups in total. The van der Waals surface area contributed by atoms with Crippen molar-refractivity contribution in [2.24, 2.45) is 29.6 Å². The van der Waals surface area contributed by atoms with E-state index in [0.29, 0.717) is 5.92 Å². The maximum atomic E-state index is 14.0. The second kappa shape index (κ2) is 7.87. The van der Waals surface area contributed by atoms with Crippen LogP contribution in [0.3, 0.4) is 0 Å². The van der Waals surface area contributed by atoms with E-state index in [1.807, 2.05) is 19.1 Å². The highest BCUT2D eigenvalue weighted by atomic mass is 19.1. The fourth-order valence-corrected chi connectivity index (χ4v) is 6.37. The third-order valence-corrected chi connectivity index (χ3v) is 8.14. The van der Waals surface area contributed by atoms with Gasteiger partial charge in [0.05, 0.1) is 0 Å². The Morgan fingerprint density at radius 1 is 0.846 bits per heavy atom. The molecule has 0 spiro atoms. The van der Waals surface area contributed by atoms with Gasteiger partial charge in [-0.15, -0.1) is 6.58 Å². The number of hydrogen-bond donors (Lipinski definition) is 0. The standard InChI is InChI=1S/C25H35F/c1-3-18-5-8-19(9-6-18)20-10-11-22-15-23(13-12-21(22)14-20)24-7-4-17(2)25(26)16-24/h3-4,7,16,18-23H,1,5-6,8-15H2,2H3. The molecule has 0 saturated heterocycles. The smallest absolute Gasteiger partial charge is 0.126 e. The molecule has 0 amide bonds. The maximum absolute atomic E-state index is 14.0. The first-order chi connectivity index (χ1) is 12.6. The number of hydrogen-bond acceptors (Lipinski definition) is 0. The van der Waals surface area contributed by atoms with Crippen LogP contribution in [-0.2, 0) is 0 Å². The van der Waals surface area contributed by atoms with Crippen molar-refractivity contribution >= 4 is 0 Å². The fraction of sp³-hybridized carbons (Fsp3) is 0.680. The van der Waals surface area contributed by atoms with Gasteiger partial charge >= 0.3 is 0 Å². The summed E-state index contributed by atoms with van der Waals surface area (Å²) in [7, 11) is 0. The Morgan fingerprint density at radius 3 is 2.15 bits per heavy atom. The van der Waals surface area contributed by atoms with E-state index in [0.717, 1.165) is 35.2 Å². The summed E-state index contributed by atoms with van der Waals surface area (Å²) in [5, 5.41) is 0. The van der Waals surface area contributed by atoms with Crippen LogP contribution in [0.5, 0.6) is 0 Å². The van der Waals surface area contributed by atoms with Crippen LogP contribution in [0.2, 0.25) is 0 Å². The van der Waals surface area contributed by atoms with Gasteiger partial charge in [-0.25, -0.2) is 4.39 Å². The Morgan fingerprint density at radius 2 is 1.46 bits per heavy atom. The summed E-state index contributed by atoms with van der Waals surface area (Å²) in [6, 6.07) is 5.95. The zero-order valence-electron chi connectivity index (χ0n) is 16.4. The SMILES string of the molecule is C=CC1CCC(C2CCC3CC(c4ccc(C)c(F)c4)CCC3C2)CC1. The van der Waals surface area contributed by atoms with Gasteiger partial charge in [0.15, 0.2) is 0 Å². The number of allylic oxidation sites excluding steroid dienone is 1. The molecular formula is C25H35F. The van der Waals surface area contributed by atoms with Gasteiger partial charge in [-0.1, -0.05) is 18.2 Å². The second-order valence-corrected chi connectivity index (χ2v) is 9.52. The van der Waals surface area contributed by atoms with Gasteiger partial charge in [0.1, 0.15) is 5.82 Å². The molecule has 0 radical (unpaired) electrons. The van der Waals surface area contributed by atoms with E-state index in [9.17, 15) is 4.39 Å². The van der Waals surface area contributed by atoms with Crippen molar-refractivity contribution in [2.45, 2.75) is 77.0 Å². The topological polar surface area (TPSA) is 0 Å². The minimum atomic E-state index is -0.0246. The summed E-state index contributed by atoms with van der Waals surface area (Å²) in [5.74, 6) is 5.14. The lowest BCUT2D eigenvalue weighted by Gasteiger charge is -2.45. The number of halogens is 1. The minimum absolute atomic E-state index is 0.0246. The zero-order valence-corrected chi connectivity index (χ0v) is 16.4. The lowest BCUT2D eigenvalue weighted by molar-refractivity contribution is 0.0748. The van der Waals surface area contributed by atoms with Crippen LogP contribution in [-0.4, -0.2) is 0 Å². The molecule has 0 nitrogen and oxygen atoms in total. The van der Waals surface area contributed by atoms with Crippen molar-refractivity contribution in [3.63, 3.8) is 0 Å². The first-order valence-electron chi connectivity index (χ1n) is 11.0. The molecule has 3 aliphatic rings. The summed E-state index contributed by atoms with van der Waals surface area (Å²) in [6.45, 7) is 5.86. The fourth-order valence-electron chi connectivity index (χ4n) is 6.37. The molecule has 4 rings (SSSR count). The van der Waals surface area contributed by atoms with Gasteiger partial charge in [0.25, 0.3) is 0 Å². The quantitative estimate of drug-likeness (QED) is 0.495. The van der Waals surface area contributed by atoms with E-state index in [-0.39, 0.29) is 5.82 Å². The number of benzene rings is 1. The van der Waals surface area contributed by atoms with Crippen LogP contribution in [0.1, 0.15) is 81.3 Å². The Labute approximate surface area is 159 Å². The van der Waals surface area contributed by atoms with E-state index < -0.39 is 0 Å². The molecule has 0 heterocycles. The van der Waals surface area contributed by atoms with Gasteiger partial charge < -0.3 is 0 Å². The van der Waals surface area contributed by atoms with Gasteiger partial charge in [0.2, 0.25) is 0 Å². The first-order valence-corrected chi connectivity index (χ1v) is 11.0. The summed E-state index contributed by atoms with van der Waals surface area (Å²) in [5.41, 5.74) is 2.02. The molecule has 1 heteroatoms. The van der Waals surface area contributed by atoms with Crippen LogP contribution in [0.4, 0.5) is 4.39 Å². The number of fused-ring (bicyclic) bond motifs is 1. The highest BCUT2D eigenvalue weighted by molar-refractivity contribution is 5.26. The molecule has 1 aromatic rings. The zero-order chi connectivity index (χ0) is 18.1. The monoisotopic (exact) mass is 354 g/mol. The Hall–Kier alpha value is -1.11. The molecule has 3 saturated carbocycles. The number of rotatable bonds is 3.